The highest BCUT2D eigenvalue weighted by Crippen LogP contribution is 2.16. The van der Waals surface area contributed by atoms with Crippen molar-refractivity contribution in [3.05, 3.63) is 36.4 Å². The first-order valence-corrected chi connectivity index (χ1v) is 10.5. The maximum absolute atomic E-state index is 12.1. The Hall–Kier alpha value is -3.52. The summed E-state index contributed by atoms with van der Waals surface area (Å²) < 4.78 is 14.9. The van der Waals surface area contributed by atoms with Gasteiger partial charge in [-0.2, -0.15) is 0 Å². The van der Waals surface area contributed by atoms with Crippen LogP contribution in [-0.4, -0.2) is 53.3 Å². The maximum atomic E-state index is 12.1. The molecule has 0 spiro atoms. The van der Waals surface area contributed by atoms with Gasteiger partial charge >= 0.3 is 24.2 Å². The lowest BCUT2D eigenvalue weighted by molar-refractivity contribution is -0.174. The van der Waals surface area contributed by atoms with Gasteiger partial charge in [-0.15, -0.1) is 0 Å². The molecule has 0 radical (unpaired) electrons. The van der Waals surface area contributed by atoms with E-state index in [1.807, 2.05) is 36.4 Å². The predicted octanol–water partition coefficient (Wildman–Crippen LogP) is 3.31. The highest BCUT2D eigenvalue weighted by molar-refractivity contribution is 6.25. The van der Waals surface area contributed by atoms with E-state index in [0.29, 0.717) is 0 Å². The van der Waals surface area contributed by atoms with Crippen molar-refractivity contribution in [1.82, 2.24) is 5.32 Å². The number of benzene rings is 1. The number of amides is 1. The monoisotopic (exact) mass is 464 g/mol. The third-order valence-corrected chi connectivity index (χ3v) is 3.64. The Morgan fingerprint density at radius 3 is 1.88 bits per heavy atom. The molecule has 10 heteroatoms. The molecule has 0 heterocycles. The van der Waals surface area contributed by atoms with Gasteiger partial charge in [0.25, 0.3) is 0 Å². The number of carbonyl (C=O) groups is 4. The summed E-state index contributed by atoms with van der Waals surface area (Å²) >= 11 is 0. The van der Waals surface area contributed by atoms with Crippen LogP contribution in [-0.2, 0) is 28.6 Å². The highest BCUT2D eigenvalue weighted by Gasteiger charge is 2.28. The van der Waals surface area contributed by atoms with Gasteiger partial charge in [0, 0.05) is 13.3 Å². The van der Waals surface area contributed by atoms with Gasteiger partial charge in [-0.3, -0.25) is 9.59 Å². The summed E-state index contributed by atoms with van der Waals surface area (Å²) in [7, 11) is 0. The molecule has 2 atom stereocenters. The van der Waals surface area contributed by atoms with Crippen LogP contribution < -0.4 is 5.32 Å². The van der Waals surface area contributed by atoms with Crippen LogP contribution in [0.1, 0.15) is 54.4 Å². The van der Waals surface area contributed by atoms with Crippen molar-refractivity contribution < 1.29 is 38.2 Å². The van der Waals surface area contributed by atoms with Crippen molar-refractivity contribution in [3.63, 3.8) is 0 Å². The molecule has 0 fully saturated rings. The average molecular weight is 465 g/mol. The van der Waals surface area contributed by atoms with Gasteiger partial charge in [0.15, 0.2) is 0 Å². The quantitative estimate of drug-likeness (QED) is 0.187. The molecule has 0 saturated carbocycles. The number of ether oxygens (including phenoxy) is 3. The molecule has 1 aromatic rings. The highest BCUT2D eigenvalue weighted by atomic mass is 16.7. The second kappa shape index (κ2) is 15.3. The Kier molecular flexibility index (Phi) is 13.7. The van der Waals surface area contributed by atoms with Crippen LogP contribution in [0.4, 0.5) is 4.79 Å². The zero-order valence-corrected chi connectivity index (χ0v) is 20.0. The summed E-state index contributed by atoms with van der Waals surface area (Å²) in [6, 6.07) is 10.9. The van der Waals surface area contributed by atoms with E-state index < -0.39 is 47.7 Å². The van der Waals surface area contributed by atoms with Gasteiger partial charge in [-0.1, -0.05) is 36.4 Å². The van der Waals surface area contributed by atoms with Crippen LogP contribution in [0.2, 0.25) is 0 Å². The summed E-state index contributed by atoms with van der Waals surface area (Å²) in [5, 5.41) is 2.29. The molecule has 0 aliphatic rings. The second-order valence-corrected chi connectivity index (χ2v) is 8.23. The van der Waals surface area contributed by atoms with E-state index in [1.54, 1.807) is 34.6 Å². The van der Waals surface area contributed by atoms with Crippen LogP contribution in [0, 0.1) is 10.9 Å². The number of carbonyl (C=O) groups excluding carboxylic acids is 4. The van der Waals surface area contributed by atoms with Crippen LogP contribution in [0.15, 0.2) is 36.4 Å². The molecule has 0 aliphatic carbocycles. The molecule has 1 amide bonds. The molecule has 1 aromatic carbocycles. The average Bonchev–Trinajstić information content (AvgIpc) is 2.71. The first-order chi connectivity index (χ1) is 15.4. The first kappa shape index (κ1) is 29.5. The van der Waals surface area contributed by atoms with Gasteiger partial charge in [-0.05, 0) is 41.0 Å². The zero-order chi connectivity index (χ0) is 25.4. The summed E-state index contributed by atoms with van der Waals surface area (Å²) in [5.74, 6) is -1.77. The fourth-order valence-corrected chi connectivity index (χ4v) is 2.05. The largest absolute Gasteiger partial charge is 0.461 e. The number of hydrogen-bond acceptors (Lipinski definition) is 8. The Morgan fingerprint density at radius 1 is 0.939 bits per heavy atom. The van der Waals surface area contributed by atoms with Gasteiger partial charge < -0.3 is 19.5 Å². The van der Waals surface area contributed by atoms with Crippen LogP contribution in [0.25, 0.3) is 0 Å². The van der Waals surface area contributed by atoms with Gasteiger partial charge in [0.2, 0.25) is 12.1 Å². The van der Waals surface area contributed by atoms with Crippen LogP contribution in [0.5, 0.6) is 0 Å². The van der Waals surface area contributed by atoms with Crippen molar-refractivity contribution in [2.45, 2.75) is 72.8 Å². The fourth-order valence-electron chi connectivity index (χ4n) is 2.05. The number of hydrogen-bond donors (Lipinski definition) is 2. The molecule has 0 bridgehead atoms. The molecular formula is C23H34N3O7+. The molecule has 0 saturated heterocycles. The lowest BCUT2D eigenvalue weighted by atomic mass is 9.97. The van der Waals surface area contributed by atoms with Crippen LogP contribution in [0.3, 0.4) is 0 Å². The number of nitrogens with zero attached hydrogens (tertiary/aromatic N) is 1. The summed E-state index contributed by atoms with van der Waals surface area (Å²) in [6.45, 7) is 9.59. The van der Waals surface area contributed by atoms with E-state index in [9.17, 15) is 19.2 Å². The third kappa shape index (κ3) is 15.0. The number of esters is 2. The summed E-state index contributed by atoms with van der Waals surface area (Å²) in [5.41, 5.74) is 5.84. The van der Waals surface area contributed by atoms with E-state index in [2.05, 4.69) is 10.1 Å². The summed E-state index contributed by atoms with van der Waals surface area (Å²) in [6.07, 6.45) is -1.99. The molecule has 10 nitrogen and oxygen atoms in total. The standard InChI is InChI=1S/C17H27N3O7.C6H6/c1-10(2)25-14(22)13(8-7-12(21)9-19-18)20-16(24)27-11(3)26-15(23)17(4,5)6;1-2-4-6-5-3-1/h9-11,13,18H,7-8H2,1-6H3;1-6H/p+1/t11?,13-;/m0./s1. The fraction of sp³-hybridized carbons (Fsp3) is 0.522. The van der Waals surface area contributed by atoms with E-state index in [1.165, 1.54) is 6.92 Å². The van der Waals surface area contributed by atoms with E-state index in [-0.39, 0.29) is 12.8 Å². The number of alkyl carbamates (subject to hydrolysis) is 1. The minimum atomic E-state index is -1.17. The molecular weight excluding hydrogens is 430 g/mol. The Morgan fingerprint density at radius 2 is 1.45 bits per heavy atom. The SMILES string of the molecule is CC(C)OC(=O)[C@H](CCC(=O)C=[N+]=N)NC(=O)OC(C)OC(=O)C(C)(C)C.c1ccccc1. The number of nitrogens with one attached hydrogen (secondary N) is 2. The van der Waals surface area contributed by atoms with E-state index >= 15 is 0 Å². The van der Waals surface area contributed by atoms with Crippen molar-refractivity contribution in [3.8, 4) is 0 Å². The van der Waals surface area contributed by atoms with Gasteiger partial charge in [0.05, 0.1) is 21.8 Å². The minimum Gasteiger partial charge on any atom is -0.461 e. The molecule has 0 aromatic heterocycles. The summed E-state index contributed by atoms with van der Waals surface area (Å²) in [4.78, 5) is 50.2. The van der Waals surface area contributed by atoms with Gasteiger partial charge in [0.1, 0.15) is 6.04 Å². The molecule has 0 aliphatic heterocycles. The van der Waals surface area contributed by atoms with Crippen molar-refractivity contribution in [2.24, 2.45) is 5.41 Å². The Labute approximate surface area is 194 Å². The van der Waals surface area contributed by atoms with Gasteiger partial charge in [-0.25, -0.2) is 9.59 Å². The molecule has 1 rings (SSSR count). The minimum absolute atomic E-state index is 0.0678. The molecule has 182 valence electrons. The molecule has 2 N–H and O–H groups in total. The first-order valence-electron chi connectivity index (χ1n) is 10.5. The van der Waals surface area contributed by atoms with E-state index in [4.69, 9.17) is 19.7 Å². The Balaban J connectivity index is 0.00000146. The number of rotatable bonds is 9. The molecule has 1 unspecified atom stereocenters. The lowest BCUT2D eigenvalue weighted by Gasteiger charge is -2.22. The van der Waals surface area contributed by atoms with E-state index in [0.717, 1.165) is 6.21 Å². The second-order valence-electron chi connectivity index (χ2n) is 8.23. The van der Waals surface area contributed by atoms with Crippen LogP contribution >= 0.6 is 0 Å². The lowest BCUT2D eigenvalue weighted by Crippen LogP contribution is -2.44. The number of ketones is 1. The smallest absolute Gasteiger partial charge is 0.410 e. The van der Waals surface area contributed by atoms with Crippen molar-refractivity contribution in [2.75, 3.05) is 0 Å². The third-order valence-electron chi connectivity index (χ3n) is 3.64. The maximum Gasteiger partial charge on any atom is 0.410 e. The van der Waals surface area contributed by atoms with Crippen molar-refractivity contribution >= 4 is 30.0 Å². The topological polar surface area (TPSA) is 146 Å². The molecule has 33 heavy (non-hydrogen) atoms. The predicted molar refractivity (Wildman–Crippen MR) is 119 cm³/mol. The zero-order valence-electron chi connectivity index (χ0n) is 20.0. The number of Topliss-reactive ketones (excluding diaryl/α,β-unsaturated/α-hetero) is 1. The van der Waals surface area contributed by atoms with Crippen molar-refractivity contribution in [1.29, 1.82) is 5.53 Å². The normalized spacial score (nSPS) is 12.1. The Bertz CT molecular complexity index is 786.